The molecule has 3 aromatic rings. The first-order valence-corrected chi connectivity index (χ1v) is 11.5. The molecule has 2 aromatic carbocycles. The lowest BCUT2D eigenvalue weighted by Crippen LogP contribution is -2.13. The number of para-hydroxylation sites is 2. The molecule has 8 nitrogen and oxygen atoms in total. The van der Waals surface area contributed by atoms with Crippen molar-refractivity contribution in [3.8, 4) is 23.3 Å². The van der Waals surface area contributed by atoms with E-state index in [9.17, 15) is 10.1 Å². The van der Waals surface area contributed by atoms with E-state index in [1.165, 1.54) is 17.4 Å². The molecule has 0 unspecified atom stereocenters. The topological polar surface area (TPSA) is 106 Å². The van der Waals surface area contributed by atoms with E-state index in [-0.39, 0.29) is 5.57 Å². The number of nitriles is 1. The van der Waals surface area contributed by atoms with Crippen molar-refractivity contribution < 1.29 is 19.0 Å². The Balaban J connectivity index is 1.52. The van der Waals surface area contributed by atoms with E-state index in [0.29, 0.717) is 47.1 Å². The van der Waals surface area contributed by atoms with Crippen molar-refractivity contribution in [2.75, 3.05) is 25.6 Å². The Morgan fingerprint density at radius 1 is 1.09 bits per heavy atom. The van der Waals surface area contributed by atoms with Gasteiger partial charge < -0.3 is 14.2 Å². The minimum absolute atomic E-state index is 0.0283. The number of carbonyl (C=O) groups excluding carboxylic acids is 1. The number of anilines is 1. The molecule has 34 heavy (non-hydrogen) atoms. The van der Waals surface area contributed by atoms with Gasteiger partial charge in [-0.1, -0.05) is 49.4 Å². The largest absolute Gasteiger partial charge is 0.493 e. The summed E-state index contributed by atoms with van der Waals surface area (Å²) in [5.74, 6) is 1.89. The maximum Gasteiger partial charge on any atom is 0.268 e. The van der Waals surface area contributed by atoms with Crippen molar-refractivity contribution >= 4 is 28.5 Å². The van der Waals surface area contributed by atoms with Crippen molar-refractivity contribution in [2.45, 2.75) is 20.3 Å². The van der Waals surface area contributed by atoms with Crippen LogP contribution in [0.5, 0.6) is 17.2 Å². The Bertz CT molecular complexity index is 1170. The molecule has 0 radical (unpaired) electrons. The van der Waals surface area contributed by atoms with Crippen LogP contribution in [0.3, 0.4) is 0 Å². The van der Waals surface area contributed by atoms with Crippen LogP contribution in [0.1, 0.15) is 24.4 Å². The van der Waals surface area contributed by atoms with Crippen LogP contribution in [0.4, 0.5) is 5.13 Å². The van der Waals surface area contributed by atoms with E-state index in [1.807, 2.05) is 30.3 Å². The first-order chi connectivity index (χ1) is 16.5. The summed E-state index contributed by atoms with van der Waals surface area (Å²) in [6.07, 6.45) is 2.30. The molecule has 9 heteroatoms. The number of nitrogens with one attached hydrogen (secondary N) is 1. The number of rotatable bonds is 11. The molecule has 0 spiro atoms. The number of benzene rings is 2. The zero-order chi connectivity index (χ0) is 24.3. The molecule has 1 heterocycles. The van der Waals surface area contributed by atoms with Gasteiger partial charge in [-0.15, -0.1) is 10.2 Å². The summed E-state index contributed by atoms with van der Waals surface area (Å²) in [5.41, 5.74) is 0.668. The van der Waals surface area contributed by atoms with Gasteiger partial charge in [0.05, 0.1) is 7.11 Å². The second-order valence-electron chi connectivity index (χ2n) is 7.64. The van der Waals surface area contributed by atoms with Gasteiger partial charge in [0, 0.05) is 6.42 Å². The van der Waals surface area contributed by atoms with Crippen LogP contribution in [-0.4, -0.2) is 36.4 Å². The third-order valence-electron chi connectivity index (χ3n) is 4.51. The predicted molar refractivity (Wildman–Crippen MR) is 131 cm³/mol. The molecule has 0 atom stereocenters. The Hall–Kier alpha value is -3.90. The van der Waals surface area contributed by atoms with Gasteiger partial charge in [-0.05, 0) is 41.8 Å². The molecule has 0 saturated carbocycles. The quantitative estimate of drug-likeness (QED) is 0.241. The third-order valence-corrected chi connectivity index (χ3v) is 5.37. The second kappa shape index (κ2) is 12.4. The van der Waals surface area contributed by atoms with Crippen molar-refractivity contribution in [3.63, 3.8) is 0 Å². The van der Waals surface area contributed by atoms with Gasteiger partial charge in [-0.2, -0.15) is 5.26 Å². The molecule has 1 N–H and O–H groups in total. The SMILES string of the molecule is COc1ccccc1OCCOc1ccc(C=C(C#N)C(=O)Nc2nnc(CC(C)C)s2)cc1. The van der Waals surface area contributed by atoms with E-state index in [4.69, 9.17) is 14.2 Å². The summed E-state index contributed by atoms with van der Waals surface area (Å²) in [7, 11) is 1.59. The summed E-state index contributed by atoms with van der Waals surface area (Å²) in [4.78, 5) is 12.5. The second-order valence-corrected chi connectivity index (χ2v) is 8.70. The fraction of sp³-hybridized carbons (Fsp3) is 0.280. The molecule has 176 valence electrons. The van der Waals surface area contributed by atoms with Gasteiger partial charge in [0.1, 0.15) is 35.6 Å². The van der Waals surface area contributed by atoms with Gasteiger partial charge in [0.25, 0.3) is 5.91 Å². The molecule has 1 amide bonds. The summed E-state index contributed by atoms with van der Waals surface area (Å²) >= 11 is 1.31. The normalized spacial score (nSPS) is 11.1. The highest BCUT2D eigenvalue weighted by molar-refractivity contribution is 7.15. The standard InChI is InChI=1S/C25H26N4O4S/c1-17(2)14-23-28-29-25(34-23)27-24(30)19(16-26)15-18-8-10-20(11-9-18)32-12-13-33-22-7-5-4-6-21(22)31-3/h4-11,15,17H,12-14H2,1-3H3,(H,27,29,30). The fourth-order valence-corrected chi connectivity index (χ4v) is 3.87. The first kappa shape index (κ1) is 24.7. The Morgan fingerprint density at radius 2 is 1.79 bits per heavy atom. The number of methoxy groups -OCH3 is 1. The fourth-order valence-electron chi connectivity index (χ4n) is 2.93. The maximum atomic E-state index is 12.5. The Kier molecular flexibility index (Phi) is 9.00. The number of hydrogen-bond acceptors (Lipinski definition) is 8. The van der Waals surface area contributed by atoms with Crippen molar-refractivity contribution in [1.82, 2.24) is 10.2 Å². The minimum Gasteiger partial charge on any atom is -0.493 e. The number of nitrogens with zero attached hydrogens (tertiary/aromatic N) is 3. The van der Waals surface area contributed by atoms with Crippen LogP contribution < -0.4 is 19.5 Å². The average Bonchev–Trinajstić information content (AvgIpc) is 3.27. The van der Waals surface area contributed by atoms with Crippen LogP contribution in [0.2, 0.25) is 0 Å². The van der Waals surface area contributed by atoms with Crippen molar-refractivity contribution in [1.29, 1.82) is 5.26 Å². The maximum absolute atomic E-state index is 12.5. The predicted octanol–water partition coefficient (Wildman–Crippen LogP) is 4.75. The summed E-state index contributed by atoms with van der Waals surface area (Å²) in [6, 6.07) is 16.4. The number of ether oxygens (including phenoxy) is 3. The number of aromatic nitrogens is 2. The lowest BCUT2D eigenvalue weighted by molar-refractivity contribution is -0.112. The Labute approximate surface area is 202 Å². The molecule has 0 aliphatic heterocycles. The van der Waals surface area contributed by atoms with Crippen LogP contribution in [0.15, 0.2) is 54.1 Å². The molecule has 0 saturated heterocycles. The van der Waals surface area contributed by atoms with E-state index in [0.717, 1.165) is 11.4 Å². The first-order valence-electron chi connectivity index (χ1n) is 10.7. The van der Waals surface area contributed by atoms with Gasteiger partial charge >= 0.3 is 0 Å². The van der Waals surface area contributed by atoms with Crippen LogP contribution in [-0.2, 0) is 11.2 Å². The zero-order valence-electron chi connectivity index (χ0n) is 19.3. The van der Waals surface area contributed by atoms with Crippen molar-refractivity contribution in [2.24, 2.45) is 5.92 Å². The minimum atomic E-state index is -0.524. The molecule has 3 rings (SSSR count). The average molecular weight is 479 g/mol. The van der Waals surface area contributed by atoms with E-state index < -0.39 is 5.91 Å². The van der Waals surface area contributed by atoms with Crippen molar-refractivity contribution in [3.05, 3.63) is 64.7 Å². The number of hydrogen-bond donors (Lipinski definition) is 1. The lowest BCUT2D eigenvalue weighted by atomic mass is 10.1. The van der Waals surface area contributed by atoms with Gasteiger partial charge in [-0.3, -0.25) is 10.1 Å². The molecule has 0 aliphatic carbocycles. The highest BCUT2D eigenvalue weighted by Gasteiger charge is 2.13. The van der Waals surface area contributed by atoms with E-state index >= 15 is 0 Å². The van der Waals surface area contributed by atoms with Crippen LogP contribution in [0, 0.1) is 17.2 Å². The highest BCUT2D eigenvalue weighted by atomic mass is 32.1. The summed E-state index contributed by atoms with van der Waals surface area (Å²) in [6.45, 7) is 4.87. The highest BCUT2D eigenvalue weighted by Crippen LogP contribution is 2.25. The van der Waals surface area contributed by atoms with Gasteiger partial charge in [0.15, 0.2) is 11.5 Å². The molecular weight excluding hydrogens is 452 g/mol. The lowest BCUT2D eigenvalue weighted by Gasteiger charge is -2.11. The summed E-state index contributed by atoms with van der Waals surface area (Å²) < 4.78 is 16.6. The zero-order valence-corrected chi connectivity index (χ0v) is 20.1. The van der Waals surface area contributed by atoms with Crippen LogP contribution in [0.25, 0.3) is 6.08 Å². The number of amides is 1. The van der Waals surface area contributed by atoms with E-state index in [1.54, 1.807) is 31.4 Å². The van der Waals surface area contributed by atoms with E-state index in [2.05, 4.69) is 29.4 Å². The van der Waals surface area contributed by atoms with Crippen LogP contribution >= 0.6 is 11.3 Å². The molecule has 0 bridgehead atoms. The third kappa shape index (κ3) is 7.32. The molecular formula is C25H26N4O4S. The van der Waals surface area contributed by atoms with Gasteiger partial charge in [-0.25, -0.2) is 0 Å². The van der Waals surface area contributed by atoms with Gasteiger partial charge in [0.2, 0.25) is 5.13 Å². The molecule has 0 fully saturated rings. The number of carbonyl (C=O) groups is 1. The smallest absolute Gasteiger partial charge is 0.268 e. The monoisotopic (exact) mass is 478 g/mol. The summed E-state index contributed by atoms with van der Waals surface area (Å²) in [5, 5.41) is 21.3. The Morgan fingerprint density at radius 3 is 2.47 bits per heavy atom. The molecule has 0 aliphatic rings. The molecule has 1 aromatic heterocycles.